The van der Waals surface area contributed by atoms with E-state index in [9.17, 15) is 4.79 Å². The van der Waals surface area contributed by atoms with Crippen LogP contribution in [0.1, 0.15) is 31.9 Å². The number of benzene rings is 1. The normalized spacial score (nSPS) is 16.9. The molecular formula is C19H24N2O2. The maximum Gasteiger partial charge on any atom is 0.367 e. The van der Waals surface area contributed by atoms with Gasteiger partial charge in [-0.25, -0.2) is 4.79 Å². The molecule has 4 heteroatoms. The van der Waals surface area contributed by atoms with E-state index in [2.05, 4.69) is 35.2 Å². The Morgan fingerprint density at radius 3 is 2.48 bits per heavy atom. The molecule has 0 fully saturated rings. The van der Waals surface area contributed by atoms with E-state index in [1.807, 2.05) is 47.0 Å². The molecule has 0 amide bonds. The first-order chi connectivity index (χ1) is 10.7. The zero-order valence-corrected chi connectivity index (χ0v) is 14.7. The molecule has 0 N–H and O–H groups in total. The average Bonchev–Trinajstić information content (AvgIpc) is 2.81. The van der Waals surface area contributed by atoms with Crippen LogP contribution >= 0.6 is 0 Å². The van der Waals surface area contributed by atoms with Gasteiger partial charge in [-0.15, -0.1) is 0 Å². The molecule has 0 bridgehead atoms. The van der Waals surface area contributed by atoms with Crippen molar-refractivity contribution in [3.05, 3.63) is 47.1 Å². The third-order valence-electron chi connectivity index (χ3n) is 3.71. The molecule has 1 heterocycles. The van der Waals surface area contributed by atoms with Gasteiger partial charge in [0.05, 0.1) is 5.57 Å². The molecular weight excluding hydrogens is 288 g/mol. The monoisotopic (exact) mass is 312 g/mol. The molecule has 0 atom stereocenters. The second kappa shape index (κ2) is 6.41. The van der Waals surface area contributed by atoms with Gasteiger partial charge >= 0.3 is 5.97 Å². The topological polar surface area (TPSA) is 41.9 Å². The smallest absolute Gasteiger partial charge is 0.367 e. The lowest BCUT2D eigenvalue weighted by Gasteiger charge is -2.16. The molecule has 122 valence electrons. The van der Waals surface area contributed by atoms with E-state index < -0.39 is 0 Å². The number of hydrogen-bond acceptors (Lipinski definition) is 4. The molecule has 4 nitrogen and oxygen atoms in total. The summed E-state index contributed by atoms with van der Waals surface area (Å²) in [5.41, 5.74) is 4.45. The van der Waals surface area contributed by atoms with Gasteiger partial charge in [0.1, 0.15) is 5.71 Å². The van der Waals surface area contributed by atoms with E-state index in [0.29, 0.717) is 11.3 Å². The van der Waals surface area contributed by atoms with Gasteiger partial charge in [-0.1, -0.05) is 44.1 Å². The number of allylic oxidation sites excluding steroid dienone is 2. The van der Waals surface area contributed by atoms with Crippen LogP contribution in [0, 0.1) is 12.3 Å². The summed E-state index contributed by atoms with van der Waals surface area (Å²) in [7, 11) is 4.04. The summed E-state index contributed by atoms with van der Waals surface area (Å²) in [4.78, 5) is 18.7. The first-order valence-electron chi connectivity index (χ1n) is 7.66. The standard InChI is InChI=1S/C19H24N2O2/c1-13-12-15(21(5)6)11-10-14(13)8-7-9-16-17(19(2,3)4)20-23-18(16)22/h7-12H,1-6H3/b8-7?,16-9-. The number of aryl methyl sites for hydroxylation is 1. The van der Waals surface area contributed by atoms with Gasteiger partial charge in [-0.05, 0) is 36.3 Å². The minimum absolute atomic E-state index is 0.227. The fraction of sp³-hybridized carbons (Fsp3) is 0.368. The van der Waals surface area contributed by atoms with Crippen LogP contribution < -0.4 is 4.90 Å². The van der Waals surface area contributed by atoms with E-state index in [1.165, 1.54) is 11.3 Å². The summed E-state index contributed by atoms with van der Waals surface area (Å²) in [6.07, 6.45) is 5.65. The van der Waals surface area contributed by atoms with Crippen LogP contribution in [0.4, 0.5) is 5.69 Å². The first-order valence-corrected chi connectivity index (χ1v) is 7.66. The Labute approximate surface area is 138 Å². The average molecular weight is 312 g/mol. The highest BCUT2D eigenvalue weighted by Gasteiger charge is 2.33. The molecule has 0 aliphatic carbocycles. The van der Waals surface area contributed by atoms with E-state index in [0.717, 1.165) is 5.56 Å². The fourth-order valence-electron chi connectivity index (χ4n) is 2.34. The Balaban J connectivity index is 2.24. The highest BCUT2D eigenvalue weighted by atomic mass is 16.7. The zero-order valence-electron chi connectivity index (χ0n) is 14.7. The number of carbonyl (C=O) groups excluding carboxylic acids is 1. The molecule has 0 aromatic heterocycles. The van der Waals surface area contributed by atoms with Crippen LogP contribution in [0.3, 0.4) is 0 Å². The molecule has 0 saturated heterocycles. The minimum atomic E-state index is -0.390. The van der Waals surface area contributed by atoms with Crippen molar-refractivity contribution in [2.24, 2.45) is 10.6 Å². The number of anilines is 1. The molecule has 2 rings (SSSR count). The van der Waals surface area contributed by atoms with Crippen molar-refractivity contribution >= 4 is 23.4 Å². The van der Waals surface area contributed by atoms with Crippen molar-refractivity contribution in [1.82, 2.24) is 0 Å². The zero-order chi connectivity index (χ0) is 17.2. The Bertz CT molecular complexity index is 705. The van der Waals surface area contributed by atoms with Gasteiger partial charge in [0.15, 0.2) is 0 Å². The maximum atomic E-state index is 11.8. The summed E-state index contributed by atoms with van der Waals surface area (Å²) in [5, 5.41) is 3.90. The highest BCUT2D eigenvalue weighted by Crippen LogP contribution is 2.27. The van der Waals surface area contributed by atoms with Crippen molar-refractivity contribution in [1.29, 1.82) is 0 Å². The van der Waals surface area contributed by atoms with Gasteiger partial charge in [0.2, 0.25) is 0 Å². The summed E-state index contributed by atoms with van der Waals surface area (Å²) in [6.45, 7) is 8.10. The Morgan fingerprint density at radius 2 is 1.91 bits per heavy atom. The van der Waals surface area contributed by atoms with Crippen LogP contribution in [0.25, 0.3) is 6.08 Å². The third-order valence-corrected chi connectivity index (χ3v) is 3.71. The summed E-state index contributed by atoms with van der Waals surface area (Å²) >= 11 is 0. The molecule has 1 aromatic carbocycles. The summed E-state index contributed by atoms with van der Waals surface area (Å²) < 4.78 is 0. The van der Waals surface area contributed by atoms with Gasteiger partial charge in [0, 0.05) is 25.2 Å². The Morgan fingerprint density at radius 1 is 1.22 bits per heavy atom. The van der Waals surface area contributed by atoms with Crippen molar-refractivity contribution in [3.8, 4) is 0 Å². The van der Waals surface area contributed by atoms with Gasteiger partial charge in [-0.2, -0.15) is 0 Å². The molecule has 0 radical (unpaired) electrons. The number of oxime groups is 1. The predicted molar refractivity (Wildman–Crippen MR) is 95.6 cm³/mol. The van der Waals surface area contributed by atoms with Crippen molar-refractivity contribution in [3.63, 3.8) is 0 Å². The number of rotatable bonds is 3. The maximum absolute atomic E-state index is 11.8. The van der Waals surface area contributed by atoms with E-state index in [1.54, 1.807) is 6.08 Å². The fourth-order valence-corrected chi connectivity index (χ4v) is 2.34. The molecule has 0 saturated carbocycles. The van der Waals surface area contributed by atoms with E-state index in [-0.39, 0.29) is 11.4 Å². The Hall–Kier alpha value is -2.36. The van der Waals surface area contributed by atoms with Crippen molar-refractivity contribution in [2.45, 2.75) is 27.7 Å². The van der Waals surface area contributed by atoms with Crippen LogP contribution in [-0.4, -0.2) is 25.8 Å². The van der Waals surface area contributed by atoms with Crippen molar-refractivity contribution < 1.29 is 9.63 Å². The predicted octanol–water partition coefficient (Wildman–Crippen LogP) is 3.96. The number of hydrogen-bond donors (Lipinski definition) is 0. The van der Waals surface area contributed by atoms with Crippen LogP contribution in [0.5, 0.6) is 0 Å². The van der Waals surface area contributed by atoms with Crippen LogP contribution in [0.15, 0.2) is 41.1 Å². The second-order valence-corrected chi connectivity index (χ2v) is 6.94. The van der Waals surface area contributed by atoms with Crippen molar-refractivity contribution in [2.75, 3.05) is 19.0 Å². The van der Waals surface area contributed by atoms with Crippen LogP contribution in [-0.2, 0) is 9.63 Å². The SMILES string of the molecule is Cc1cc(N(C)C)ccc1C=C/C=C1\C(=O)ON=C1C(C)(C)C. The number of carbonyl (C=O) groups is 1. The lowest BCUT2D eigenvalue weighted by molar-refractivity contribution is -0.136. The van der Waals surface area contributed by atoms with Gasteiger partial charge in [0.25, 0.3) is 0 Å². The quantitative estimate of drug-likeness (QED) is 0.626. The first kappa shape index (κ1) is 17.0. The van der Waals surface area contributed by atoms with Gasteiger partial charge < -0.3 is 9.74 Å². The molecule has 23 heavy (non-hydrogen) atoms. The molecule has 1 aliphatic heterocycles. The molecule has 1 aromatic rings. The molecule has 0 spiro atoms. The van der Waals surface area contributed by atoms with Gasteiger partial charge in [-0.3, -0.25) is 0 Å². The Kier molecular flexibility index (Phi) is 4.73. The summed E-state index contributed by atoms with van der Waals surface area (Å²) in [5.74, 6) is -0.390. The van der Waals surface area contributed by atoms with E-state index in [4.69, 9.17) is 4.84 Å². The molecule has 0 unspecified atom stereocenters. The largest absolute Gasteiger partial charge is 0.378 e. The minimum Gasteiger partial charge on any atom is -0.378 e. The number of nitrogens with zero attached hydrogens (tertiary/aromatic N) is 2. The lowest BCUT2D eigenvalue weighted by Crippen LogP contribution is -2.21. The second-order valence-electron chi connectivity index (χ2n) is 6.94. The van der Waals surface area contributed by atoms with E-state index >= 15 is 0 Å². The highest BCUT2D eigenvalue weighted by molar-refractivity contribution is 6.24. The molecule has 1 aliphatic rings. The third kappa shape index (κ3) is 3.89. The summed E-state index contributed by atoms with van der Waals surface area (Å²) in [6, 6.07) is 6.29. The lowest BCUT2D eigenvalue weighted by atomic mass is 9.85. The van der Waals surface area contributed by atoms with Crippen LogP contribution in [0.2, 0.25) is 0 Å².